The molecule has 7 heteroatoms. The van der Waals surface area contributed by atoms with E-state index >= 15 is 0 Å². The van der Waals surface area contributed by atoms with E-state index < -0.39 is 28.8 Å². The van der Waals surface area contributed by atoms with Crippen molar-refractivity contribution in [1.29, 1.82) is 0 Å². The molecule has 0 aromatic heterocycles. The number of ketones is 1. The third kappa shape index (κ3) is 4.66. The van der Waals surface area contributed by atoms with E-state index in [2.05, 4.69) is 16.6 Å². The van der Waals surface area contributed by atoms with Gasteiger partial charge in [-0.2, -0.15) is 0 Å². The van der Waals surface area contributed by atoms with Crippen LogP contribution in [0.2, 0.25) is 0 Å². The molecule has 0 saturated carbocycles. The van der Waals surface area contributed by atoms with E-state index in [4.69, 9.17) is 0 Å². The summed E-state index contributed by atoms with van der Waals surface area (Å²) in [5.74, 6) is 3.06. The Morgan fingerprint density at radius 3 is 2.48 bits per heavy atom. The summed E-state index contributed by atoms with van der Waals surface area (Å²) >= 11 is -1.84. The van der Waals surface area contributed by atoms with Gasteiger partial charge >= 0.3 is 0 Å². The molecule has 0 amide bonds. The van der Waals surface area contributed by atoms with Gasteiger partial charge in [-0.1, -0.05) is 30.0 Å². The van der Waals surface area contributed by atoms with Crippen LogP contribution in [0.4, 0.5) is 18.9 Å². The topological polar surface area (TPSA) is 52.2 Å². The molecule has 154 valence electrons. The van der Waals surface area contributed by atoms with Crippen molar-refractivity contribution in [2.24, 2.45) is 0 Å². The normalized spacial score (nSPS) is 16.3. The van der Waals surface area contributed by atoms with Gasteiger partial charge in [0, 0.05) is 18.1 Å². The van der Waals surface area contributed by atoms with Crippen molar-refractivity contribution in [2.45, 2.75) is 6.42 Å². The summed E-state index contributed by atoms with van der Waals surface area (Å²) in [5, 5.41) is 0. The first-order chi connectivity index (χ1) is 14.9. The number of anilines is 1. The molecule has 0 spiro atoms. The lowest BCUT2D eigenvalue weighted by Crippen LogP contribution is -2.27. The highest BCUT2D eigenvalue weighted by Crippen LogP contribution is 2.31. The fourth-order valence-corrected chi connectivity index (χ4v) is 4.00. The maximum Gasteiger partial charge on any atom is 0.245 e. The predicted molar refractivity (Wildman–Crippen MR) is 114 cm³/mol. The number of benzene rings is 3. The highest BCUT2D eigenvalue weighted by molar-refractivity contribution is 7.97. The van der Waals surface area contributed by atoms with Crippen LogP contribution >= 0.6 is 0 Å². The number of hydrogen-bond acceptors (Lipinski definition) is 3. The second-order valence-corrected chi connectivity index (χ2v) is 7.93. The van der Waals surface area contributed by atoms with Gasteiger partial charge in [0.15, 0.2) is 11.6 Å². The Morgan fingerprint density at radius 1 is 0.968 bits per heavy atom. The van der Waals surface area contributed by atoms with Gasteiger partial charge in [0.05, 0.1) is 11.3 Å². The zero-order chi connectivity index (χ0) is 22.0. The average molecular weight is 437 g/mol. The van der Waals surface area contributed by atoms with E-state index in [0.29, 0.717) is 17.7 Å². The van der Waals surface area contributed by atoms with Gasteiger partial charge in [-0.05, 0) is 53.6 Å². The molecular weight excluding hydrogens is 423 g/mol. The molecule has 0 saturated heterocycles. The Balaban J connectivity index is 1.60. The molecule has 31 heavy (non-hydrogen) atoms. The molecule has 1 N–H and O–H groups in total. The highest BCUT2D eigenvalue weighted by Gasteiger charge is 2.33. The molecule has 0 radical (unpaired) electrons. The van der Waals surface area contributed by atoms with Crippen molar-refractivity contribution >= 4 is 28.9 Å². The maximum absolute atomic E-state index is 13.5. The van der Waals surface area contributed by atoms with Crippen molar-refractivity contribution in [3.8, 4) is 11.8 Å². The standard InChI is InChI=1S/C24H14F3NO2S/c25-18-8-4-15(5-9-18)2-1-3-16-7-11-22-19(12-16)24(29)23(31(30)28-22)14-17-6-10-20(26)21(27)13-17/h4-14,28H,2H2/b23-14-. The Hall–Kier alpha value is -3.47. The monoisotopic (exact) mass is 437 g/mol. The number of carbonyl (C=O) groups is 1. The molecule has 0 bridgehead atoms. The molecule has 4 rings (SSSR count). The van der Waals surface area contributed by atoms with Crippen molar-refractivity contribution in [2.75, 3.05) is 4.72 Å². The van der Waals surface area contributed by atoms with Crippen LogP contribution < -0.4 is 4.72 Å². The minimum absolute atomic E-state index is 0.0741. The number of halogens is 3. The lowest BCUT2D eigenvalue weighted by Gasteiger charge is -2.21. The number of fused-ring (bicyclic) bond motifs is 1. The predicted octanol–water partition coefficient (Wildman–Crippen LogP) is 5.01. The van der Waals surface area contributed by atoms with E-state index in [1.807, 2.05) is 0 Å². The number of hydrogen-bond donors (Lipinski definition) is 1. The summed E-state index contributed by atoms with van der Waals surface area (Å²) in [4.78, 5) is 12.8. The van der Waals surface area contributed by atoms with Gasteiger partial charge in [-0.3, -0.25) is 4.79 Å². The van der Waals surface area contributed by atoms with Crippen LogP contribution in [0.3, 0.4) is 0 Å². The van der Waals surface area contributed by atoms with Crippen LogP contribution in [-0.2, 0) is 17.8 Å². The summed E-state index contributed by atoms with van der Waals surface area (Å²) in [6.45, 7) is 0. The van der Waals surface area contributed by atoms with E-state index in [1.165, 1.54) is 24.3 Å². The van der Waals surface area contributed by atoms with Gasteiger partial charge in [0.25, 0.3) is 0 Å². The highest BCUT2D eigenvalue weighted by atomic mass is 32.2. The summed E-state index contributed by atoms with van der Waals surface area (Å²) < 4.78 is 54.8. The SMILES string of the molecule is O=C1/C(=C/c2ccc(F)c(F)c2)[S+]([O-])Nc2ccc(C#CCc3ccc(F)cc3)cc21. The van der Waals surface area contributed by atoms with Crippen LogP contribution in [0.25, 0.3) is 6.08 Å². The molecule has 1 heterocycles. The lowest BCUT2D eigenvalue weighted by molar-refractivity contribution is 0.104. The first kappa shape index (κ1) is 20.8. The Morgan fingerprint density at radius 2 is 1.74 bits per heavy atom. The third-order valence-electron chi connectivity index (χ3n) is 4.57. The number of carbonyl (C=O) groups excluding carboxylic acids is 1. The van der Waals surface area contributed by atoms with Gasteiger partial charge in [-0.15, -0.1) is 0 Å². The Kier molecular flexibility index (Phi) is 5.85. The smallest absolute Gasteiger partial charge is 0.245 e. The third-order valence-corrected chi connectivity index (χ3v) is 5.68. The quantitative estimate of drug-likeness (QED) is 0.348. The summed E-state index contributed by atoms with van der Waals surface area (Å²) in [6.07, 6.45) is 1.68. The van der Waals surface area contributed by atoms with Gasteiger partial charge in [0.2, 0.25) is 10.7 Å². The molecule has 3 nitrogen and oxygen atoms in total. The largest absolute Gasteiger partial charge is 0.588 e. The molecular formula is C24H14F3NO2S. The minimum Gasteiger partial charge on any atom is -0.588 e. The van der Waals surface area contributed by atoms with Gasteiger partial charge in [-0.25, -0.2) is 17.9 Å². The van der Waals surface area contributed by atoms with E-state index in [1.54, 1.807) is 30.3 Å². The van der Waals surface area contributed by atoms with Crippen molar-refractivity contribution in [3.63, 3.8) is 0 Å². The zero-order valence-corrected chi connectivity index (χ0v) is 16.7. The molecule has 0 fully saturated rings. The molecule has 1 atom stereocenters. The maximum atomic E-state index is 13.5. The van der Waals surface area contributed by atoms with Crippen LogP contribution in [0, 0.1) is 29.3 Å². The van der Waals surface area contributed by atoms with Crippen LogP contribution in [-0.4, -0.2) is 10.3 Å². The average Bonchev–Trinajstić information content (AvgIpc) is 2.75. The van der Waals surface area contributed by atoms with Crippen molar-refractivity contribution in [1.82, 2.24) is 0 Å². The number of rotatable bonds is 2. The first-order valence-electron chi connectivity index (χ1n) is 9.18. The molecule has 0 aliphatic carbocycles. The van der Waals surface area contributed by atoms with Crippen LogP contribution in [0.15, 0.2) is 65.6 Å². The molecule has 3 aromatic rings. The fourth-order valence-electron chi connectivity index (χ4n) is 2.99. The second-order valence-electron chi connectivity index (χ2n) is 6.75. The van der Waals surface area contributed by atoms with Crippen LogP contribution in [0.1, 0.15) is 27.0 Å². The minimum atomic E-state index is -1.84. The molecule has 1 aliphatic rings. The van der Waals surface area contributed by atoms with E-state index in [9.17, 15) is 22.5 Å². The molecule has 1 aliphatic heterocycles. The number of Topliss-reactive ketones (excluding diaryl/α,β-unsaturated/α-hetero) is 1. The Labute approximate surface area is 179 Å². The van der Waals surface area contributed by atoms with Crippen molar-refractivity contribution < 1.29 is 22.5 Å². The molecule has 3 aromatic carbocycles. The van der Waals surface area contributed by atoms with Crippen molar-refractivity contribution in [3.05, 3.63) is 105 Å². The summed E-state index contributed by atoms with van der Waals surface area (Å²) in [5.41, 5.74) is 2.33. The zero-order valence-electron chi connectivity index (χ0n) is 15.9. The number of allylic oxidation sites excluding steroid dienone is 1. The van der Waals surface area contributed by atoms with E-state index in [0.717, 1.165) is 17.7 Å². The molecule has 1 unspecified atom stereocenters. The first-order valence-corrected chi connectivity index (χ1v) is 10.3. The van der Waals surface area contributed by atoms with Crippen LogP contribution in [0.5, 0.6) is 0 Å². The summed E-state index contributed by atoms with van der Waals surface area (Å²) in [7, 11) is 0. The summed E-state index contributed by atoms with van der Waals surface area (Å²) in [6, 6.07) is 14.1. The van der Waals surface area contributed by atoms with Gasteiger partial charge in [0.1, 0.15) is 17.2 Å². The van der Waals surface area contributed by atoms with Gasteiger partial charge < -0.3 is 4.55 Å². The van der Waals surface area contributed by atoms with E-state index in [-0.39, 0.29) is 21.8 Å². The lowest BCUT2D eigenvalue weighted by atomic mass is 10.0. The second kappa shape index (κ2) is 8.72. The number of nitrogens with one attached hydrogen (secondary N) is 1. The Bertz CT molecular complexity index is 1260. The fraction of sp³-hybridized carbons (Fsp3) is 0.0417.